The number of hydrogen-bond acceptors (Lipinski definition) is 3. The van der Waals surface area contributed by atoms with Crippen molar-refractivity contribution < 1.29 is 9.13 Å². The molecule has 0 aliphatic rings. The van der Waals surface area contributed by atoms with Gasteiger partial charge in [0.25, 0.3) is 0 Å². The summed E-state index contributed by atoms with van der Waals surface area (Å²) in [6.07, 6.45) is 0. The smallest absolute Gasteiger partial charge is 0.131 e. The molecule has 2 nitrogen and oxygen atoms in total. The Morgan fingerprint density at radius 2 is 1.95 bits per heavy atom. The topological polar surface area (TPSA) is 35.2 Å². The lowest BCUT2D eigenvalue weighted by Crippen LogP contribution is -2.14. The van der Waals surface area contributed by atoms with Gasteiger partial charge in [-0.3, -0.25) is 0 Å². The van der Waals surface area contributed by atoms with E-state index in [0.717, 1.165) is 9.37 Å². The Labute approximate surface area is 130 Å². The number of methoxy groups -OCH3 is 1. The van der Waals surface area contributed by atoms with Crippen LogP contribution in [-0.2, 0) is 0 Å². The monoisotopic (exact) mass is 355 g/mol. The summed E-state index contributed by atoms with van der Waals surface area (Å²) < 4.78 is 19.9. The first-order valence-electron chi connectivity index (χ1n) is 6.07. The maximum atomic E-state index is 13.9. The van der Waals surface area contributed by atoms with E-state index in [1.165, 1.54) is 13.2 Å². The lowest BCUT2D eigenvalue weighted by molar-refractivity contribution is 0.410. The molecule has 2 aromatic carbocycles. The van der Waals surface area contributed by atoms with Crippen LogP contribution in [0.25, 0.3) is 0 Å². The fourth-order valence-electron chi connectivity index (χ4n) is 1.74. The molecule has 2 aromatic rings. The molecule has 2 rings (SSSR count). The summed E-state index contributed by atoms with van der Waals surface area (Å²) >= 11 is 5.00. The fraction of sp³-hybridized carbons (Fsp3) is 0.200. The van der Waals surface area contributed by atoms with Crippen LogP contribution in [0.1, 0.15) is 11.6 Å². The molecular formula is C15H15BrFNOS. The minimum Gasteiger partial charge on any atom is -0.497 e. The molecule has 0 aliphatic heterocycles. The van der Waals surface area contributed by atoms with Gasteiger partial charge in [-0.15, -0.1) is 11.8 Å². The molecule has 2 N–H and O–H groups in total. The van der Waals surface area contributed by atoms with Gasteiger partial charge in [-0.2, -0.15) is 0 Å². The van der Waals surface area contributed by atoms with E-state index in [2.05, 4.69) is 15.9 Å². The Morgan fingerprint density at radius 1 is 1.25 bits per heavy atom. The lowest BCUT2D eigenvalue weighted by atomic mass is 10.1. The Bertz CT molecular complexity index is 577. The molecule has 106 valence electrons. The summed E-state index contributed by atoms with van der Waals surface area (Å²) in [6, 6.07) is 12.4. The van der Waals surface area contributed by atoms with E-state index in [4.69, 9.17) is 10.5 Å². The second-order valence-electron chi connectivity index (χ2n) is 4.26. The van der Waals surface area contributed by atoms with Crippen molar-refractivity contribution in [3.63, 3.8) is 0 Å². The molecule has 0 saturated heterocycles. The summed E-state index contributed by atoms with van der Waals surface area (Å²) in [5.41, 5.74) is 6.56. The molecule has 0 heterocycles. The Balaban J connectivity index is 2.01. The summed E-state index contributed by atoms with van der Waals surface area (Å²) in [5.74, 6) is 0.789. The van der Waals surface area contributed by atoms with Crippen LogP contribution in [0, 0.1) is 5.82 Å². The van der Waals surface area contributed by atoms with E-state index < -0.39 is 0 Å². The second kappa shape index (κ2) is 7.11. The Morgan fingerprint density at radius 3 is 2.55 bits per heavy atom. The molecule has 0 bridgehead atoms. The largest absolute Gasteiger partial charge is 0.497 e. The average molecular weight is 356 g/mol. The van der Waals surface area contributed by atoms with Gasteiger partial charge in [-0.1, -0.05) is 22.0 Å². The molecule has 0 amide bonds. The van der Waals surface area contributed by atoms with Gasteiger partial charge < -0.3 is 10.5 Å². The van der Waals surface area contributed by atoms with E-state index in [0.29, 0.717) is 17.1 Å². The van der Waals surface area contributed by atoms with Crippen molar-refractivity contribution in [2.24, 2.45) is 5.73 Å². The highest BCUT2D eigenvalue weighted by molar-refractivity contribution is 9.10. The zero-order valence-electron chi connectivity index (χ0n) is 11.0. The number of hydrogen-bond donors (Lipinski definition) is 1. The fourth-order valence-corrected chi connectivity index (χ4v) is 2.89. The van der Waals surface area contributed by atoms with Crippen molar-refractivity contribution in [3.05, 3.63) is 58.3 Å². The van der Waals surface area contributed by atoms with E-state index in [9.17, 15) is 4.39 Å². The van der Waals surface area contributed by atoms with Gasteiger partial charge in [0.15, 0.2) is 0 Å². The predicted octanol–water partition coefficient (Wildman–Crippen LogP) is 4.39. The van der Waals surface area contributed by atoms with Crippen LogP contribution in [-0.4, -0.2) is 12.9 Å². The third-order valence-corrected chi connectivity index (χ3v) is 4.51. The van der Waals surface area contributed by atoms with Crippen molar-refractivity contribution >= 4 is 27.7 Å². The van der Waals surface area contributed by atoms with Crippen LogP contribution in [0.5, 0.6) is 5.75 Å². The summed E-state index contributed by atoms with van der Waals surface area (Å²) in [7, 11) is 1.51. The van der Waals surface area contributed by atoms with Crippen molar-refractivity contribution in [2.45, 2.75) is 10.9 Å². The van der Waals surface area contributed by atoms with Crippen molar-refractivity contribution in [1.82, 2.24) is 0 Å². The van der Waals surface area contributed by atoms with Crippen molar-refractivity contribution in [1.29, 1.82) is 0 Å². The molecule has 0 aliphatic carbocycles. The highest BCUT2D eigenvalue weighted by atomic mass is 79.9. The molecule has 0 spiro atoms. The number of nitrogens with two attached hydrogens (primary N) is 1. The van der Waals surface area contributed by atoms with Crippen LogP contribution in [0.4, 0.5) is 4.39 Å². The maximum Gasteiger partial charge on any atom is 0.131 e. The van der Waals surface area contributed by atoms with Crippen molar-refractivity contribution in [2.75, 3.05) is 12.9 Å². The lowest BCUT2D eigenvalue weighted by Gasteiger charge is -2.13. The van der Waals surface area contributed by atoms with Gasteiger partial charge in [0.05, 0.1) is 7.11 Å². The van der Waals surface area contributed by atoms with Gasteiger partial charge in [0, 0.05) is 32.8 Å². The van der Waals surface area contributed by atoms with Gasteiger partial charge in [-0.25, -0.2) is 4.39 Å². The van der Waals surface area contributed by atoms with Gasteiger partial charge in [0.2, 0.25) is 0 Å². The van der Waals surface area contributed by atoms with Gasteiger partial charge >= 0.3 is 0 Å². The normalized spacial score (nSPS) is 12.2. The second-order valence-corrected chi connectivity index (χ2v) is 6.27. The van der Waals surface area contributed by atoms with Crippen LogP contribution in [0.15, 0.2) is 51.8 Å². The molecule has 0 radical (unpaired) electrons. The third kappa shape index (κ3) is 3.98. The SMILES string of the molecule is COc1ccc(C(N)CSc2ccc(Br)cc2)c(F)c1. The van der Waals surface area contributed by atoms with Crippen LogP contribution < -0.4 is 10.5 Å². The summed E-state index contributed by atoms with van der Waals surface area (Å²) in [4.78, 5) is 1.11. The number of thioether (sulfide) groups is 1. The molecule has 0 saturated carbocycles. The maximum absolute atomic E-state index is 13.9. The van der Waals surface area contributed by atoms with E-state index in [1.54, 1.807) is 23.9 Å². The first kappa shape index (κ1) is 15.4. The van der Waals surface area contributed by atoms with E-state index in [-0.39, 0.29) is 11.9 Å². The molecule has 1 atom stereocenters. The quantitative estimate of drug-likeness (QED) is 0.807. The van der Waals surface area contributed by atoms with E-state index in [1.807, 2.05) is 24.3 Å². The van der Waals surface area contributed by atoms with Crippen LogP contribution in [0.2, 0.25) is 0 Å². The third-order valence-electron chi connectivity index (χ3n) is 2.85. The standard InChI is InChI=1S/C15H15BrFNOS/c1-19-11-4-7-13(14(17)8-11)15(18)9-20-12-5-2-10(16)3-6-12/h2-8,15H,9,18H2,1H3. The minimum atomic E-state index is -0.352. The van der Waals surface area contributed by atoms with Crippen LogP contribution >= 0.6 is 27.7 Å². The zero-order valence-corrected chi connectivity index (χ0v) is 13.4. The predicted molar refractivity (Wildman–Crippen MR) is 84.7 cm³/mol. The molecule has 0 fully saturated rings. The number of rotatable bonds is 5. The minimum absolute atomic E-state index is 0.326. The Hall–Kier alpha value is -1.04. The first-order chi connectivity index (χ1) is 9.60. The number of ether oxygens (including phenoxy) is 1. The number of halogens is 2. The number of benzene rings is 2. The average Bonchev–Trinajstić information content (AvgIpc) is 2.46. The molecule has 20 heavy (non-hydrogen) atoms. The molecule has 1 unspecified atom stereocenters. The van der Waals surface area contributed by atoms with E-state index >= 15 is 0 Å². The van der Waals surface area contributed by atoms with Crippen LogP contribution in [0.3, 0.4) is 0 Å². The highest BCUT2D eigenvalue weighted by Gasteiger charge is 2.12. The summed E-state index contributed by atoms with van der Waals surface area (Å²) in [6.45, 7) is 0. The van der Waals surface area contributed by atoms with Gasteiger partial charge in [-0.05, 0) is 30.3 Å². The molecular weight excluding hydrogens is 341 g/mol. The summed E-state index contributed by atoms with van der Waals surface area (Å²) in [5, 5.41) is 0. The zero-order chi connectivity index (χ0) is 14.5. The highest BCUT2D eigenvalue weighted by Crippen LogP contribution is 2.27. The first-order valence-corrected chi connectivity index (χ1v) is 7.85. The Kier molecular flexibility index (Phi) is 5.46. The molecule has 5 heteroatoms. The van der Waals surface area contributed by atoms with Crippen molar-refractivity contribution in [3.8, 4) is 5.75 Å². The van der Waals surface area contributed by atoms with Gasteiger partial charge in [0.1, 0.15) is 11.6 Å². The molecule has 0 aromatic heterocycles.